The number of hydrogen-bond acceptors (Lipinski definition) is 4. The topological polar surface area (TPSA) is 93.5 Å². The summed E-state index contributed by atoms with van der Waals surface area (Å²) in [5.41, 5.74) is 6.17. The number of carbonyl (C=O) groups excluding carboxylic acids is 2. The number of nitrogens with two attached hydrogens (primary N) is 1. The van der Waals surface area contributed by atoms with E-state index < -0.39 is 6.04 Å². The molecule has 6 heteroatoms. The molecule has 0 radical (unpaired) electrons. The molecule has 1 aromatic carbocycles. The molecule has 0 spiro atoms. The van der Waals surface area contributed by atoms with Crippen molar-refractivity contribution in [3.05, 3.63) is 24.3 Å². The number of nitrogen functional groups attached to an aromatic ring is 1. The van der Waals surface area contributed by atoms with Crippen LogP contribution in [0.5, 0.6) is 5.75 Å². The molecule has 2 amide bonds. The van der Waals surface area contributed by atoms with E-state index in [0.29, 0.717) is 11.4 Å². The van der Waals surface area contributed by atoms with E-state index in [1.54, 1.807) is 31.2 Å². The Bertz CT molecular complexity index is 457. The first-order chi connectivity index (χ1) is 9.38. The summed E-state index contributed by atoms with van der Waals surface area (Å²) < 4.78 is 5.29. The Morgan fingerprint density at radius 3 is 2.30 bits per heavy atom. The third-order valence-electron chi connectivity index (χ3n) is 2.45. The highest BCUT2D eigenvalue weighted by Crippen LogP contribution is 2.12. The van der Waals surface area contributed by atoms with Gasteiger partial charge in [-0.15, -0.1) is 0 Å². The number of carbonyl (C=O) groups is 2. The second-order valence-corrected chi connectivity index (χ2v) is 4.81. The summed E-state index contributed by atoms with van der Waals surface area (Å²) in [4.78, 5) is 23.3. The quantitative estimate of drug-likeness (QED) is 0.667. The van der Waals surface area contributed by atoms with Crippen molar-refractivity contribution in [1.29, 1.82) is 0 Å². The fourth-order valence-corrected chi connectivity index (χ4v) is 1.47. The van der Waals surface area contributed by atoms with Crippen LogP contribution in [0.4, 0.5) is 5.69 Å². The predicted molar refractivity (Wildman–Crippen MR) is 77.2 cm³/mol. The summed E-state index contributed by atoms with van der Waals surface area (Å²) in [6.45, 7) is 5.19. The summed E-state index contributed by atoms with van der Waals surface area (Å²) in [5.74, 6) is -0.0253. The highest BCUT2D eigenvalue weighted by atomic mass is 16.5. The lowest BCUT2D eigenvalue weighted by Gasteiger charge is -2.16. The Balaban J connectivity index is 2.36. The van der Waals surface area contributed by atoms with Crippen LogP contribution in [0.15, 0.2) is 24.3 Å². The van der Waals surface area contributed by atoms with Gasteiger partial charge in [0.15, 0.2) is 6.61 Å². The standard InChI is InChI=1S/C14H21N3O3/c1-9(2)16-14(19)10(3)17-13(18)8-20-12-6-4-11(15)5-7-12/h4-7,9-10H,8,15H2,1-3H3,(H,16,19)(H,17,18). The zero-order chi connectivity index (χ0) is 15.1. The maximum absolute atomic E-state index is 11.6. The minimum Gasteiger partial charge on any atom is -0.484 e. The Morgan fingerprint density at radius 2 is 1.75 bits per heavy atom. The van der Waals surface area contributed by atoms with Crippen molar-refractivity contribution in [3.63, 3.8) is 0 Å². The Morgan fingerprint density at radius 1 is 1.15 bits per heavy atom. The highest BCUT2D eigenvalue weighted by Gasteiger charge is 2.16. The molecule has 0 bridgehead atoms. The van der Waals surface area contributed by atoms with Crippen molar-refractivity contribution in [1.82, 2.24) is 10.6 Å². The fourth-order valence-electron chi connectivity index (χ4n) is 1.47. The number of amides is 2. The Hall–Kier alpha value is -2.24. The van der Waals surface area contributed by atoms with Crippen LogP contribution in [-0.2, 0) is 9.59 Å². The second kappa shape index (κ2) is 7.37. The Labute approximate surface area is 118 Å². The van der Waals surface area contributed by atoms with Crippen molar-refractivity contribution in [2.75, 3.05) is 12.3 Å². The van der Waals surface area contributed by atoms with Crippen molar-refractivity contribution < 1.29 is 14.3 Å². The number of hydrogen-bond donors (Lipinski definition) is 3. The number of ether oxygens (including phenoxy) is 1. The van der Waals surface area contributed by atoms with E-state index in [-0.39, 0.29) is 24.5 Å². The van der Waals surface area contributed by atoms with Gasteiger partial charge in [0.25, 0.3) is 5.91 Å². The smallest absolute Gasteiger partial charge is 0.258 e. The largest absolute Gasteiger partial charge is 0.484 e. The van der Waals surface area contributed by atoms with Gasteiger partial charge in [0.1, 0.15) is 11.8 Å². The van der Waals surface area contributed by atoms with Crippen LogP contribution in [0.3, 0.4) is 0 Å². The SMILES string of the molecule is CC(C)NC(=O)C(C)NC(=O)COc1ccc(N)cc1. The normalized spacial score (nSPS) is 11.8. The molecule has 4 N–H and O–H groups in total. The van der Waals surface area contributed by atoms with E-state index in [9.17, 15) is 9.59 Å². The molecule has 6 nitrogen and oxygen atoms in total. The first kappa shape index (κ1) is 15.8. The molecule has 0 heterocycles. The van der Waals surface area contributed by atoms with Gasteiger partial charge in [0.05, 0.1) is 0 Å². The summed E-state index contributed by atoms with van der Waals surface area (Å²) >= 11 is 0. The van der Waals surface area contributed by atoms with Crippen molar-refractivity contribution in [2.45, 2.75) is 32.9 Å². The molecule has 20 heavy (non-hydrogen) atoms. The van der Waals surface area contributed by atoms with Crippen LogP contribution in [0.25, 0.3) is 0 Å². The van der Waals surface area contributed by atoms with Gasteiger partial charge in [0, 0.05) is 11.7 Å². The molecule has 0 aliphatic rings. The summed E-state index contributed by atoms with van der Waals surface area (Å²) in [7, 11) is 0. The van der Waals surface area contributed by atoms with E-state index in [1.807, 2.05) is 13.8 Å². The Kier molecular flexibility index (Phi) is 5.83. The molecule has 0 fully saturated rings. The third kappa shape index (κ3) is 5.60. The zero-order valence-electron chi connectivity index (χ0n) is 12.0. The molecule has 1 unspecified atom stereocenters. The molecule has 1 rings (SSSR count). The lowest BCUT2D eigenvalue weighted by molar-refractivity contribution is -0.129. The number of benzene rings is 1. The maximum Gasteiger partial charge on any atom is 0.258 e. The van der Waals surface area contributed by atoms with Crippen molar-refractivity contribution >= 4 is 17.5 Å². The van der Waals surface area contributed by atoms with Gasteiger partial charge in [0.2, 0.25) is 5.91 Å². The van der Waals surface area contributed by atoms with E-state index in [0.717, 1.165) is 0 Å². The van der Waals surface area contributed by atoms with Crippen LogP contribution >= 0.6 is 0 Å². The van der Waals surface area contributed by atoms with Gasteiger partial charge in [-0.2, -0.15) is 0 Å². The summed E-state index contributed by atoms with van der Waals surface area (Å²) in [6.07, 6.45) is 0. The lowest BCUT2D eigenvalue weighted by Crippen LogP contribution is -2.47. The van der Waals surface area contributed by atoms with Gasteiger partial charge in [-0.1, -0.05) is 0 Å². The van der Waals surface area contributed by atoms with Gasteiger partial charge in [-0.05, 0) is 45.0 Å². The molecule has 0 aliphatic carbocycles. The van der Waals surface area contributed by atoms with Crippen molar-refractivity contribution in [2.24, 2.45) is 0 Å². The molecule has 1 aromatic rings. The van der Waals surface area contributed by atoms with Crippen LogP contribution in [0, 0.1) is 0 Å². The second-order valence-electron chi connectivity index (χ2n) is 4.81. The molecular weight excluding hydrogens is 258 g/mol. The highest BCUT2D eigenvalue weighted by molar-refractivity contribution is 5.87. The maximum atomic E-state index is 11.6. The number of rotatable bonds is 6. The average molecular weight is 279 g/mol. The molecule has 110 valence electrons. The zero-order valence-corrected chi connectivity index (χ0v) is 12.0. The van der Waals surface area contributed by atoms with Gasteiger partial charge in [-0.25, -0.2) is 0 Å². The van der Waals surface area contributed by atoms with Crippen molar-refractivity contribution in [3.8, 4) is 5.75 Å². The van der Waals surface area contributed by atoms with E-state index in [1.165, 1.54) is 0 Å². The summed E-state index contributed by atoms with van der Waals surface area (Å²) in [6, 6.07) is 6.17. The first-order valence-corrected chi connectivity index (χ1v) is 6.46. The number of nitrogens with one attached hydrogen (secondary N) is 2. The van der Waals surface area contributed by atoms with E-state index >= 15 is 0 Å². The van der Waals surface area contributed by atoms with E-state index in [4.69, 9.17) is 10.5 Å². The molecule has 0 saturated carbocycles. The fraction of sp³-hybridized carbons (Fsp3) is 0.429. The van der Waals surface area contributed by atoms with Crippen LogP contribution < -0.4 is 21.1 Å². The van der Waals surface area contributed by atoms with Gasteiger partial charge < -0.3 is 21.1 Å². The minimum atomic E-state index is -0.597. The average Bonchev–Trinajstić information content (AvgIpc) is 2.37. The van der Waals surface area contributed by atoms with Crippen LogP contribution in [0.1, 0.15) is 20.8 Å². The van der Waals surface area contributed by atoms with E-state index in [2.05, 4.69) is 10.6 Å². The predicted octanol–water partition coefficient (Wildman–Crippen LogP) is 0.677. The van der Waals surface area contributed by atoms with Gasteiger partial charge >= 0.3 is 0 Å². The number of anilines is 1. The van der Waals surface area contributed by atoms with Crippen LogP contribution in [0.2, 0.25) is 0 Å². The van der Waals surface area contributed by atoms with Gasteiger partial charge in [-0.3, -0.25) is 9.59 Å². The first-order valence-electron chi connectivity index (χ1n) is 6.46. The molecule has 0 aliphatic heterocycles. The molecule has 1 atom stereocenters. The van der Waals surface area contributed by atoms with Crippen LogP contribution in [-0.4, -0.2) is 30.5 Å². The third-order valence-corrected chi connectivity index (χ3v) is 2.45. The molecule has 0 saturated heterocycles. The lowest BCUT2D eigenvalue weighted by atomic mass is 10.3. The molecular formula is C14H21N3O3. The summed E-state index contributed by atoms with van der Waals surface area (Å²) in [5, 5.41) is 5.29. The molecule has 0 aromatic heterocycles. The monoisotopic (exact) mass is 279 g/mol. The minimum absolute atomic E-state index is 0.0351.